The molecule has 1 saturated carbocycles. The van der Waals surface area contributed by atoms with E-state index in [0.717, 1.165) is 49.9 Å². The number of benzene rings is 1. The van der Waals surface area contributed by atoms with Crippen molar-refractivity contribution in [3.63, 3.8) is 0 Å². The summed E-state index contributed by atoms with van der Waals surface area (Å²) in [6, 6.07) is 3.34. The molecule has 0 unspecified atom stereocenters. The Morgan fingerprint density at radius 2 is 1.97 bits per heavy atom. The highest BCUT2D eigenvalue weighted by molar-refractivity contribution is 6.31. The van der Waals surface area contributed by atoms with Crippen LogP contribution in [0.2, 0.25) is 5.02 Å². The number of nitrogens with zero attached hydrogens (tertiary/aromatic N) is 1. The Bertz CT molecular complexity index is 739. The van der Waals surface area contributed by atoms with Crippen LogP contribution in [0.15, 0.2) is 48.7 Å². The van der Waals surface area contributed by atoms with Crippen molar-refractivity contribution >= 4 is 11.6 Å². The maximum Gasteiger partial charge on any atom is 0.129 e. The highest BCUT2D eigenvalue weighted by Crippen LogP contribution is 2.25. The smallest absolute Gasteiger partial charge is 0.129 e. The van der Waals surface area contributed by atoms with Crippen LogP contribution < -0.4 is 10.8 Å². The van der Waals surface area contributed by atoms with E-state index in [9.17, 15) is 8.78 Å². The lowest BCUT2D eigenvalue weighted by atomic mass is 9.98. The fourth-order valence-electron chi connectivity index (χ4n) is 3.59. The first kappa shape index (κ1) is 29.0. The molecule has 33 heavy (non-hydrogen) atoms. The lowest BCUT2D eigenvalue weighted by Crippen LogP contribution is -2.22. The molecule has 2 aliphatic rings. The number of aryl methyl sites for hydroxylation is 1. The Labute approximate surface area is 203 Å². The number of hydroxylamine groups is 1. The maximum atomic E-state index is 14.0. The summed E-state index contributed by atoms with van der Waals surface area (Å²) in [5.41, 5.74) is 3.86. The van der Waals surface area contributed by atoms with E-state index in [-0.39, 0.29) is 11.9 Å². The molecule has 2 N–H and O–H groups in total. The molecule has 3 rings (SSSR count). The third-order valence-electron chi connectivity index (χ3n) is 5.21. The molecule has 0 bridgehead atoms. The van der Waals surface area contributed by atoms with Crippen LogP contribution in [0.5, 0.6) is 0 Å². The predicted molar refractivity (Wildman–Crippen MR) is 135 cm³/mol. The van der Waals surface area contributed by atoms with Crippen molar-refractivity contribution in [2.45, 2.75) is 78.9 Å². The molecule has 2 fully saturated rings. The summed E-state index contributed by atoms with van der Waals surface area (Å²) in [7, 11) is 0. The first-order valence-corrected chi connectivity index (χ1v) is 12.4. The lowest BCUT2D eigenvalue weighted by Gasteiger charge is -2.20. The molecule has 0 spiro atoms. The van der Waals surface area contributed by atoms with Gasteiger partial charge in [0.05, 0.1) is 12.3 Å². The van der Waals surface area contributed by atoms with Crippen LogP contribution in [0.3, 0.4) is 0 Å². The molecular weight excluding hydrogens is 444 g/mol. The van der Waals surface area contributed by atoms with Gasteiger partial charge < -0.3 is 10.2 Å². The van der Waals surface area contributed by atoms with Gasteiger partial charge in [-0.25, -0.2) is 8.78 Å². The number of allylic oxidation sites excluding steroid dienone is 3. The van der Waals surface area contributed by atoms with E-state index in [1.165, 1.54) is 25.3 Å². The quantitative estimate of drug-likeness (QED) is 0.398. The number of hydrogen-bond donors (Lipinski definition) is 2. The SMILES string of the molecule is CC.CC/C=C/C=C1\NCCN1Cc1c(F)cc(C)cc1Cl.F/C=C\NOC1CCCCC1. The standard InChI is InChI=1S/C16H20ClFN2.C8H14FNO.C2H6/c1-3-4-5-6-16-19-7-8-20(16)11-13-14(17)9-12(2)10-15(13)18;9-6-7-10-11-8-4-2-1-3-5-8;1-2/h4-6,9-10,19H,3,7-8,11H2,1-2H3;6-8,10H,1-5H2;1-2H3/b5-4+,16-6+;7-6-;. The molecule has 4 nitrogen and oxygen atoms in total. The topological polar surface area (TPSA) is 36.5 Å². The van der Waals surface area contributed by atoms with Crippen LogP contribution in [0.1, 0.15) is 70.4 Å². The molecule has 1 aliphatic carbocycles. The molecule has 0 atom stereocenters. The van der Waals surface area contributed by atoms with E-state index in [1.807, 2.05) is 39.0 Å². The molecule has 7 heteroatoms. The van der Waals surface area contributed by atoms with Gasteiger partial charge in [-0.15, -0.1) is 0 Å². The zero-order valence-electron chi connectivity index (χ0n) is 20.5. The molecule has 1 saturated heterocycles. The second-order valence-corrected chi connectivity index (χ2v) is 8.14. The van der Waals surface area contributed by atoms with Gasteiger partial charge in [-0.05, 0) is 50.0 Å². The highest BCUT2D eigenvalue weighted by atomic mass is 35.5. The summed E-state index contributed by atoms with van der Waals surface area (Å²) >= 11 is 6.17. The van der Waals surface area contributed by atoms with Gasteiger partial charge in [0.25, 0.3) is 0 Å². The van der Waals surface area contributed by atoms with Gasteiger partial charge in [0.1, 0.15) is 18.0 Å². The van der Waals surface area contributed by atoms with Crippen LogP contribution in [0.25, 0.3) is 0 Å². The van der Waals surface area contributed by atoms with Gasteiger partial charge in [-0.1, -0.05) is 63.8 Å². The number of halogens is 3. The second kappa shape index (κ2) is 17.4. The van der Waals surface area contributed by atoms with Crippen molar-refractivity contribution in [1.29, 1.82) is 0 Å². The van der Waals surface area contributed by atoms with Crippen molar-refractivity contribution in [2.75, 3.05) is 13.1 Å². The Balaban J connectivity index is 0.000000354. The fourth-order valence-corrected chi connectivity index (χ4v) is 3.91. The maximum absolute atomic E-state index is 14.0. The average molecular weight is 484 g/mol. The van der Waals surface area contributed by atoms with Crippen LogP contribution in [0, 0.1) is 12.7 Å². The van der Waals surface area contributed by atoms with Crippen LogP contribution >= 0.6 is 11.6 Å². The molecule has 186 valence electrons. The molecule has 1 aromatic carbocycles. The zero-order valence-corrected chi connectivity index (χ0v) is 21.2. The van der Waals surface area contributed by atoms with Gasteiger partial charge in [0.2, 0.25) is 0 Å². The molecule has 1 aliphatic heterocycles. The Hall–Kier alpha value is -2.05. The fraction of sp³-hybridized carbons (Fsp3) is 0.538. The van der Waals surface area contributed by atoms with E-state index in [2.05, 4.69) is 28.7 Å². The minimum Gasteiger partial charge on any atom is -0.370 e. The molecule has 1 aromatic rings. The average Bonchev–Trinajstić information content (AvgIpc) is 3.26. The van der Waals surface area contributed by atoms with Gasteiger partial charge in [-0.2, -0.15) is 0 Å². The summed E-state index contributed by atoms with van der Waals surface area (Å²) in [5, 5.41) is 3.80. The first-order chi connectivity index (χ1) is 16.0. The Morgan fingerprint density at radius 3 is 2.61 bits per heavy atom. The van der Waals surface area contributed by atoms with E-state index >= 15 is 0 Å². The van der Waals surface area contributed by atoms with Crippen LogP contribution in [0.4, 0.5) is 8.78 Å². The number of hydrogen-bond acceptors (Lipinski definition) is 4. The Morgan fingerprint density at radius 1 is 1.24 bits per heavy atom. The second-order valence-electron chi connectivity index (χ2n) is 7.73. The summed E-state index contributed by atoms with van der Waals surface area (Å²) in [6.07, 6.45) is 14.9. The van der Waals surface area contributed by atoms with Crippen molar-refractivity contribution < 1.29 is 13.6 Å². The summed E-state index contributed by atoms with van der Waals surface area (Å²) in [5.74, 6) is 0.788. The summed E-state index contributed by atoms with van der Waals surface area (Å²) in [6.45, 7) is 10.2. The van der Waals surface area contributed by atoms with Crippen molar-refractivity contribution in [3.8, 4) is 0 Å². The minimum absolute atomic E-state index is 0.231. The van der Waals surface area contributed by atoms with Crippen molar-refractivity contribution in [2.24, 2.45) is 0 Å². The first-order valence-electron chi connectivity index (χ1n) is 12.0. The minimum atomic E-state index is -0.231. The number of nitrogens with one attached hydrogen (secondary N) is 2. The van der Waals surface area contributed by atoms with E-state index in [0.29, 0.717) is 23.5 Å². The lowest BCUT2D eigenvalue weighted by molar-refractivity contribution is -0.0209. The highest BCUT2D eigenvalue weighted by Gasteiger charge is 2.19. The van der Waals surface area contributed by atoms with Gasteiger partial charge in [-0.3, -0.25) is 10.3 Å². The monoisotopic (exact) mass is 483 g/mol. The molecule has 0 amide bonds. The Kier molecular flexibility index (Phi) is 15.3. The van der Waals surface area contributed by atoms with Crippen LogP contribution in [-0.2, 0) is 11.4 Å². The third kappa shape index (κ3) is 11.1. The van der Waals surface area contributed by atoms with Gasteiger partial charge >= 0.3 is 0 Å². The van der Waals surface area contributed by atoms with Crippen LogP contribution in [-0.4, -0.2) is 24.1 Å². The summed E-state index contributed by atoms with van der Waals surface area (Å²) in [4.78, 5) is 7.26. The van der Waals surface area contributed by atoms with E-state index in [4.69, 9.17) is 16.4 Å². The van der Waals surface area contributed by atoms with Crippen molar-refractivity contribution in [1.82, 2.24) is 15.7 Å². The largest absolute Gasteiger partial charge is 0.370 e. The predicted octanol–water partition coefficient (Wildman–Crippen LogP) is 7.31. The van der Waals surface area contributed by atoms with E-state index in [1.54, 1.807) is 0 Å². The molecule has 1 heterocycles. The van der Waals surface area contributed by atoms with Gasteiger partial charge in [0.15, 0.2) is 0 Å². The zero-order chi connectivity index (χ0) is 24.5. The normalized spacial score (nSPS) is 17.5. The molecular formula is C26H40ClF2N3O. The van der Waals surface area contributed by atoms with Crippen molar-refractivity contribution in [3.05, 3.63) is 70.7 Å². The number of rotatable bonds is 7. The molecule has 0 aromatic heterocycles. The summed E-state index contributed by atoms with van der Waals surface area (Å²) < 4.78 is 25.5. The van der Waals surface area contributed by atoms with Gasteiger partial charge in [0, 0.05) is 30.2 Å². The molecule has 0 radical (unpaired) electrons. The third-order valence-corrected chi connectivity index (χ3v) is 5.54. The van der Waals surface area contributed by atoms with E-state index < -0.39 is 0 Å².